The van der Waals surface area contributed by atoms with Gasteiger partial charge in [-0.25, -0.2) is 0 Å². The van der Waals surface area contributed by atoms with Crippen LogP contribution in [0.25, 0.3) is 10.8 Å². The predicted octanol–water partition coefficient (Wildman–Crippen LogP) is 2.41. The summed E-state index contributed by atoms with van der Waals surface area (Å²) in [6, 6.07) is 11.9. The molecule has 0 spiro atoms. The highest BCUT2D eigenvalue weighted by atomic mass is 16.5. The lowest BCUT2D eigenvalue weighted by molar-refractivity contribution is 0.313. The predicted molar refractivity (Wildman–Crippen MR) is 57.8 cm³/mol. The van der Waals surface area contributed by atoms with Gasteiger partial charge in [0.1, 0.15) is 18.1 Å². The van der Waals surface area contributed by atoms with Crippen molar-refractivity contribution in [1.29, 1.82) is 0 Å². The van der Waals surface area contributed by atoms with E-state index in [1.165, 1.54) is 0 Å². The fourth-order valence-corrected chi connectivity index (χ4v) is 1.97. The molecule has 0 fully saturated rings. The van der Waals surface area contributed by atoms with Crippen LogP contribution in [0.15, 0.2) is 41.6 Å². The quantitative estimate of drug-likeness (QED) is 0.523. The fraction of sp³-hybridized carbons (Fsp3) is 0.0833. The molecule has 0 aliphatic carbocycles. The van der Waals surface area contributed by atoms with Gasteiger partial charge in [-0.3, -0.25) is 0 Å². The number of benzene rings is 2. The number of fused-ring (bicyclic) bond motifs is 3. The molecule has 1 N–H and O–H groups in total. The molecule has 1 aliphatic heterocycles. The molecule has 0 unspecified atom stereocenters. The fourth-order valence-electron chi connectivity index (χ4n) is 1.97. The zero-order valence-corrected chi connectivity index (χ0v) is 7.97. The maximum atomic E-state index is 8.88. The molecule has 74 valence electrons. The molecule has 0 radical (unpaired) electrons. The number of hydrogen-bond donors (Lipinski definition) is 1. The molecule has 1 aliphatic rings. The number of ether oxygens (including phenoxy) is 1. The van der Waals surface area contributed by atoms with E-state index < -0.39 is 0 Å². The Balaban J connectivity index is 2.43. The zero-order chi connectivity index (χ0) is 10.3. The Morgan fingerprint density at radius 3 is 2.87 bits per heavy atom. The Morgan fingerprint density at radius 1 is 1.13 bits per heavy atom. The first-order valence-electron chi connectivity index (χ1n) is 4.76. The lowest BCUT2D eigenvalue weighted by Crippen LogP contribution is -2.02. The molecule has 3 heteroatoms. The zero-order valence-electron chi connectivity index (χ0n) is 7.97. The third-order valence-electron chi connectivity index (χ3n) is 2.66. The van der Waals surface area contributed by atoms with Gasteiger partial charge in [0.15, 0.2) is 0 Å². The van der Waals surface area contributed by atoms with Crippen LogP contribution in [0.3, 0.4) is 0 Å². The summed E-state index contributed by atoms with van der Waals surface area (Å²) >= 11 is 0. The van der Waals surface area contributed by atoms with Gasteiger partial charge in [0, 0.05) is 0 Å². The Labute approximate surface area is 86.6 Å². The molecule has 1 heterocycles. The second kappa shape index (κ2) is 2.98. The van der Waals surface area contributed by atoms with Crippen LogP contribution in [0.1, 0.15) is 5.56 Å². The van der Waals surface area contributed by atoms with E-state index in [0.717, 1.165) is 22.1 Å². The highest BCUT2D eigenvalue weighted by molar-refractivity contribution is 6.15. The van der Waals surface area contributed by atoms with E-state index in [0.29, 0.717) is 12.3 Å². The summed E-state index contributed by atoms with van der Waals surface area (Å²) in [5, 5.41) is 14.3. The standard InChI is InChI=1S/C12H9NO2/c14-13-10-7-15-11-6-5-8-3-1-2-4-9(8)12(10)11/h1-6,14H,7H2/b13-10-. The topological polar surface area (TPSA) is 41.8 Å². The van der Waals surface area contributed by atoms with Gasteiger partial charge in [-0.05, 0) is 16.8 Å². The second-order valence-electron chi connectivity index (χ2n) is 3.50. The van der Waals surface area contributed by atoms with Crippen LogP contribution in [0.2, 0.25) is 0 Å². The first kappa shape index (κ1) is 8.29. The molecule has 2 aromatic rings. The van der Waals surface area contributed by atoms with Gasteiger partial charge in [-0.1, -0.05) is 35.5 Å². The highest BCUT2D eigenvalue weighted by Gasteiger charge is 2.22. The minimum absolute atomic E-state index is 0.347. The van der Waals surface area contributed by atoms with Crippen molar-refractivity contribution in [3.63, 3.8) is 0 Å². The van der Waals surface area contributed by atoms with Crippen LogP contribution < -0.4 is 4.74 Å². The van der Waals surface area contributed by atoms with Gasteiger partial charge in [0.25, 0.3) is 0 Å². The minimum atomic E-state index is 0.347. The molecule has 15 heavy (non-hydrogen) atoms. The molecule has 3 rings (SSSR count). The normalized spacial score (nSPS) is 16.7. The van der Waals surface area contributed by atoms with E-state index >= 15 is 0 Å². The van der Waals surface area contributed by atoms with Crippen molar-refractivity contribution < 1.29 is 9.94 Å². The summed E-state index contributed by atoms with van der Waals surface area (Å²) in [7, 11) is 0. The van der Waals surface area contributed by atoms with E-state index in [9.17, 15) is 0 Å². The maximum Gasteiger partial charge on any atom is 0.134 e. The average molecular weight is 199 g/mol. The van der Waals surface area contributed by atoms with Gasteiger partial charge in [-0.2, -0.15) is 0 Å². The Kier molecular flexibility index (Phi) is 1.65. The van der Waals surface area contributed by atoms with Gasteiger partial charge in [0.2, 0.25) is 0 Å². The van der Waals surface area contributed by atoms with Crippen LogP contribution >= 0.6 is 0 Å². The molecule has 0 aromatic heterocycles. The van der Waals surface area contributed by atoms with Crippen molar-refractivity contribution in [2.45, 2.75) is 0 Å². The summed E-state index contributed by atoms with van der Waals surface area (Å²) in [5.41, 5.74) is 1.51. The van der Waals surface area contributed by atoms with Crippen LogP contribution in [-0.4, -0.2) is 17.5 Å². The van der Waals surface area contributed by atoms with Crippen molar-refractivity contribution in [3.8, 4) is 5.75 Å². The van der Waals surface area contributed by atoms with Crippen molar-refractivity contribution in [2.75, 3.05) is 6.61 Å². The summed E-state index contributed by atoms with van der Waals surface area (Å²) in [5.74, 6) is 0.793. The molecule has 3 nitrogen and oxygen atoms in total. The number of nitrogens with zero attached hydrogens (tertiary/aromatic N) is 1. The highest BCUT2D eigenvalue weighted by Crippen LogP contribution is 2.32. The van der Waals surface area contributed by atoms with Gasteiger partial charge in [0.05, 0.1) is 5.56 Å². The van der Waals surface area contributed by atoms with Crippen LogP contribution in [0.5, 0.6) is 5.75 Å². The largest absolute Gasteiger partial charge is 0.486 e. The molecule has 0 atom stereocenters. The van der Waals surface area contributed by atoms with E-state index in [4.69, 9.17) is 9.94 Å². The maximum absolute atomic E-state index is 8.88. The number of rotatable bonds is 0. The molecular weight excluding hydrogens is 190 g/mol. The van der Waals surface area contributed by atoms with Crippen molar-refractivity contribution in [3.05, 3.63) is 42.0 Å². The molecule has 0 saturated carbocycles. The molecule has 0 saturated heterocycles. The first-order chi connectivity index (χ1) is 7.40. The summed E-state index contributed by atoms with van der Waals surface area (Å²) in [6.45, 7) is 0.347. The number of hydrogen-bond acceptors (Lipinski definition) is 3. The smallest absolute Gasteiger partial charge is 0.134 e. The third kappa shape index (κ3) is 1.09. The van der Waals surface area contributed by atoms with E-state index in [2.05, 4.69) is 5.16 Å². The van der Waals surface area contributed by atoms with Crippen LogP contribution in [-0.2, 0) is 0 Å². The summed E-state index contributed by atoms with van der Waals surface area (Å²) < 4.78 is 5.42. The minimum Gasteiger partial charge on any atom is -0.486 e. The van der Waals surface area contributed by atoms with Crippen molar-refractivity contribution in [2.24, 2.45) is 5.16 Å². The van der Waals surface area contributed by atoms with Crippen LogP contribution in [0.4, 0.5) is 0 Å². The molecule has 2 aromatic carbocycles. The van der Waals surface area contributed by atoms with E-state index in [1.807, 2.05) is 36.4 Å². The van der Waals surface area contributed by atoms with Gasteiger partial charge >= 0.3 is 0 Å². The van der Waals surface area contributed by atoms with Crippen molar-refractivity contribution >= 4 is 16.5 Å². The Morgan fingerprint density at radius 2 is 2.00 bits per heavy atom. The lowest BCUT2D eigenvalue weighted by atomic mass is 10.0. The van der Waals surface area contributed by atoms with E-state index in [-0.39, 0.29) is 0 Å². The second-order valence-corrected chi connectivity index (χ2v) is 3.50. The summed E-state index contributed by atoms with van der Waals surface area (Å²) in [6.07, 6.45) is 0. The lowest BCUT2D eigenvalue weighted by Gasteiger charge is -2.02. The Bertz CT molecular complexity index is 561. The number of oxime groups is 1. The monoisotopic (exact) mass is 199 g/mol. The third-order valence-corrected chi connectivity index (χ3v) is 2.66. The van der Waals surface area contributed by atoms with Gasteiger partial charge in [-0.15, -0.1) is 0 Å². The first-order valence-corrected chi connectivity index (χ1v) is 4.76. The molecular formula is C12H9NO2. The molecule has 0 amide bonds. The SMILES string of the molecule is O/N=C1/COc2ccc3ccccc3c21. The van der Waals surface area contributed by atoms with Crippen molar-refractivity contribution in [1.82, 2.24) is 0 Å². The van der Waals surface area contributed by atoms with Crippen LogP contribution in [0, 0.1) is 0 Å². The average Bonchev–Trinajstić information content (AvgIpc) is 2.72. The summed E-state index contributed by atoms with van der Waals surface area (Å²) in [4.78, 5) is 0. The molecule has 0 bridgehead atoms. The van der Waals surface area contributed by atoms with E-state index in [1.54, 1.807) is 0 Å². The Hall–Kier alpha value is -2.03. The van der Waals surface area contributed by atoms with Gasteiger partial charge < -0.3 is 9.94 Å².